The van der Waals surface area contributed by atoms with E-state index in [1.165, 1.54) is 16.6 Å². The van der Waals surface area contributed by atoms with E-state index in [9.17, 15) is 4.79 Å². The first-order valence-electron chi connectivity index (χ1n) is 7.06. The van der Waals surface area contributed by atoms with E-state index >= 15 is 0 Å². The van der Waals surface area contributed by atoms with Crippen LogP contribution >= 0.6 is 0 Å². The van der Waals surface area contributed by atoms with Crippen LogP contribution in [0.5, 0.6) is 0 Å². The van der Waals surface area contributed by atoms with Crippen molar-refractivity contribution in [2.75, 3.05) is 25.5 Å². The molecule has 2 aromatic rings. The van der Waals surface area contributed by atoms with Gasteiger partial charge in [-0.1, -0.05) is 6.92 Å². The van der Waals surface area contributed by atoms with E-state index in [0.717, 1.165) is 37.3 Å². The molecule has 5 nitrogen and oxygen atoms in total. The average molecular weight is 272 g/mol. The molecule has 2 heterocycles. The van der Waals surface area contributed by atoms with E-state index in [1.807, 2.05) is 12.1 Å². The molecule has 3 N–H and O–H groups in total. The molecule has 2 amide bonds. The van der Waals surface area contributed by atoms with Crippen LogP contribution in [0.2, 0.25) is 0 Å². The lowest BCUT2D eigenvalue weighted by Gasteiger charge is -2.25. The molecule has 0 fully saturated rings. The summed E-state index contributed by atoms with van der Waals surface area (Å²) in [4.78, 5) is 17.3. The highest BCUT2D eigenvalue weighted by atomic mass is 16.2. The highest BCUT2D eigenvalue weighted by Gasteiger charge is 2.19. The number of nitrogens with zero attached hydrogens (tertiary/aromatic N) is 1. The Bertz CT molecular complexity index is 647. The average Bonchev–Trinajstić information content (AvgIpc) is 2.84. The largest absolute Gasteiger partial charge is 0.358 e. The van der Waals surface area contributed by atoms with Gasteiger partial charge in [-0.25, -0.2) is 4.79 Å². The molecule has 1 aliphatic rings. The van der Waals surface area contributed by atoms with E-state index < -0.39 is 0 Å². The molecule has 0 saturated heterocycles. The normalized spacial score (nSPS) is 15.1. The van der Waals surface area contributed by atoms with Gasteiger partial charge in [-0.15, -0.1) is 0 Å². The molecule has 0 saturated carbocycles. The number of nitrogens with one attached hydrogen (secondary N) is 3. The standard InChI is InChI=1S/C15H20N4O/c1-3-19-7-6-14-12(9-19)11-8-10(17-15(20)16-2)4-5-13(11)18-14/h4-5,8,18H,3,6-7,9H2,1-2H3,(H2,16,17,20). The Kier molecular flexibility index (Phi) is 3.36. The number of hydrogen-bond acceptors (Lipinski definition) is 2. The van der Waals surface area contributed by atoms with E-state index in [-0.39, 0.29) is 6.03 Å². The van der Waals surface area contributed by atoms with Crippen molar-refractivity contribution in [1.82, 2.24) is 15.2 Å². The van der Waals surface area contributed by atoms with Gasteiger partial charge in [-0.3, -0.25) is 4.90 Å². The SMILES string of the molecule is CCN1CCc2[nH]c3ccc(NC(=O)NC)cc3c2C1. The molecule has 5 heteroatoms. The Morgan fingerprint density at radius 1 is 1.45 bits per heavy atom. The molecule has 1 aliphatic heterocycles. The second kappa shape index (κ2) is 5.17. The zero-order valence-electron chi connectivity index (χ0n) is 11.9. The van der Waals surface area contributed by atoms with Gasteiger partial charge in [-0.05, 0) is 30.3 Å². The van der Waals surface area contributed by atoms with Crippen molar-refractivity contribution in [3.05, 3.63) is 29.5 Å². The summed E-state index contributed by atoms with van der Waals surface area (Å²) in [5.41, 5.74) is 4.68. The third-order valence-corrected chi connectivity index (χ3v) is 3.99. The van der Waals surface area contributed by atoms with E-state index in [2.05, 4.69) is 33.5 Å². The number of hydrogen-bond donors (Lipinski definition) is 3. The number of anilines is 1. The Labute approximate surface area is 118 Å². The molecular weight excluding hydrogens is 252 g/mol. The van der Waals surface area contributed by atoms with Crippen LogP contribution < -0.4 is 10.6 Å². The number of benzene rings is 1. The van der Waals surface area contributed by atoms with Gasteiger partial charge in [0.2, 0.25) is 0 Å². The number of H-pyrrole nitrogens is 1. The van der Waals surface area contributed by atoms with Crippen molar-refractivity contribution < 1.29 is 4.79 Å². The van der Waals surface area contributed by atoms with Crippen LogP contribution in [0.3, 0.4) is 0 Å². The van der Waals surface area contributed by atoms with Crippen molar-refractivity contribution in [2.24, 2.45) is 0 Å². The Morgan fingerprint density at radius 3 is 3.05 bits per heavy atom. The molecule has 1 aromatic carbocycles. The van der Waals surface area contributed by atoms with Gasteiger partial charge in [-0.2, -0.15) is 0 Å². The number of likely N-dealkylation sites (N-methyl/N-ethyl adjacent to an activating group) is 1. The molecule has 0 aliphatic carbocycles. The van der Waals surface area contributed by atoms with Crippen LogP contribution in [0.4, 0.5) is 10.5 Å². The maximum absolute atomic E-state index is 11.4. The van der Waals surface area contributed by atoms with Crippen LogP contribution in [0.15, 0.2) is 18.2 Å². The van der Waals surface area contributed by atoms with Gasteiger partial charge in [0, 0.05) is 48.8 Å². The van der Waals surface area contributed by atoms with Crippen molar-refractivity contribution in [2.45, 2.75) is 19.9 Å². The first-order chi connectivity index (χ1) is 9.71. The maximum atomic E-state index is 11.4. The van der Waals surface area contributed by atoms with E-state index in [4.69, 9.17) is 0 Å². The fourth-order valence-electron chi connectivity index (χ4n) is 2.81. The lowest BCUT2D eigenvalue weighted by Crippen LogP contribution is -2.29. The monoisotopic (exact) mass is 272 g/mol. The van der Waals surface area contributed by atoms with Crippen LogP contribution in [0.25, 0.3) is 10.9 Å². The van der Waals surface area contributed by atoms with Crippen LogP contribution in [-0.2, 0) is 13.0 Å². The predicted octanol–water partition coefficient (Wildman–Crippen LogP) is 2.30. The second-order valence-corrected chi connectivity index (χ2v) is 5.17. The fourth-order valence-corrected chi connectivity index (χ4v) is 2.81. The molecule has 106 valence electrons. The minimum Gasteiger partial charge on any atom is -0.358 e. The van der Waals surface area contributed by atoms with Crippen molar-refractivity contribution in [3.63, 3.8) is 0 Å². The van der Waals surface area contributed by atoms with Crippen molar-refractivity contribution in [3.8, 4) is 0 Å². The Balaban J connectivity index is 1.98. The van der Waals surface area contributed by atoms with Crippen LogP contribution in [0.1, 0.15) is 18.2 Å². The molecule has 0 atom stereocenters. The lowest BCUT2D eigenvalue weighted by atomic mass is 10.0. The third kappa shape index (κ3) is 2.25. The number of amides is 2. The van der Waals surface area contributed by atoms with Gasteiger partial charge < -0.3 is 15.6 Å². The Hall–Kier alpha value is -2.01. The number of urea groups is 1. The molecule has 20 heavy (non-hydrogen) atoms. The first kappa shape index (κ1) is 13.0. The number of aromatic amines is 1. The molecule has 0 radical (unpaired) electrons. The summed E-state index contributed by atoms with van der Waals surface area (Å²) in [6.07, 6.45) is 1.07. The fraction of sp³-hybridized carbons (Fsp3) is 0.400. The third-order valence-electron chi connectivity index (χ3n) is 3.99. The van der Waals surface area contributed by atoms with Gasteiger partial charge in [0.15, 0.2) is 0 Å². The number of aromatic nitrogens is 1. The topological polar surface area (TPSA) is 60.2 Å². The van der Waals surface area contributed by atoms with Crippen LogP contribution in [0, 0.1) is 0 Å². The smallest absolute Gasteiger partial charge is 0.318 e. The zero-order valence-corrected chi connectivity index (χ0v) is 11.9. The lowest BCUT2D eigenvalue weighted by molar-refractivity contribution is 0.254. The zero-order chi connectivity index (χ0) is 14.1. The Morgan fingerprint density at radius 2 is 2.30 bits per heavy atom. The van der Waals surface area contributed by atoms with Crippen molar-refractivity contribution in [1.29, 1.82) is 0 Å². The van der Waals surface area contributed by atoms with Gasteiger partial charge in [0.25, 0.3) is 0 Å². The van der Waals surface area contributed by atoms with Crippen LogP contribution in [-0.4, -0.2) is 36.1 Å². The summed E-state index contributed by atoms with van der Waals surface area (Å²) in [6.45, 7) is 5.36. The summed E-state index contributed by atoms with van der Waals surface area (Å²) in [6, 6.07) is 5.83. The van der Waals surface area contributed by atoms with Gasteiger partial charge in [0.05, 0.1) is 0 Å². The minimum absolute atomic E-state index is 0.191. The maximum Gasteiger partial charge on any atom is 0.318 e. The highest BCUT2D eigenvalue weighted by molar-refractivity contribution is 5.94. The van der Waals surface area contributed by atoms with Crippen molar-refractivity contribution >= 4 is 22.6 Å². The quantitative estimate of drug-likeness (QED) is 0.785. The molecule has 0 spiro atoms. The summed E-state index contributed by atoms with van der Waals surface area (Å²) < 4.78 is 0. The molecular formula is C15H20N4O. The van der Waals surface area contributed by atoms with Gasteiger partial charge >= 0.3 is 6.03 Å². The summed E-state index contributed by atoms with van der Waals surface area (Å²) in [7, 11) is 1.62. The van der Waals surface area contributed by atoms with E-state index in [0.29, 0.717) is 0 Å². The number of fused-ring (bicyclic) bond motifs is 3. The number of rotatable bonds is 2. The summed E-state index contributed by atoms with van der Waals surface area (Å²) in [5.74, 6) is 0. The number of carbonyl (C=O) groups is 1. The predicted molar refractivity (Wildman–Crippen MR) is 81.0 cm³/mol. The van der Waals surface area contributed by atoms with Gasteiger partial charge in [0.1, 0.15) is 0 Å². The molecule has 0 bridgehead atoms. The second-order valence-electron chi connectivity index (χ2n) is 5.17. The minimum atomic E-state index is -0.191. The summed E-state index contributed by atoms with van der Waals surface area (Å²) >= 11 is 0. The summed E-state index contributed by atoms with van der Waals surface area (Å²) in [5, 5.41) is 6.61. The number of carbonyl (C=O) groups excluding carboxylic acids is 1. The molecule has 3 rings (SSSR count). The molecule has 1 aromatic heterocycles. The highest BCUT2D eigenvalue weighted by Crippen LogP contribution is 2.29. The molecule has 0 unspecified atom stereocenters. The van der Waals surface area contributed by atoms with E-state index in [1.54, 1.807) is 7.05 Å². The first-order valence-corrected chi connectivity index (χ1v) is 7.06.